The summed E-state index contributed by atoms with van der Waals surface area (Å²) in [7, 11) is 0. The minimum Gasteiger partial charge on any atom is -0.348 e. The number of carbonyl (C=O) groups is 1. The van der Waals surface area contributed by atoms with E-state index in [2.05, 4.69) is 14.9 Å². The molecule has 1 aromatic carbocycles. The zero-order chi connectivity index (χ0) is 18.0. The average molecular weight is 351 g/mol. The summed E-state index contributed by atoms with van der Waals surface area (Å²) in [6, 6.07) is 4.51. The van der Waals surface area contributed by atoms with Gasteiger partial charge in [-0.15, -0.1) is 0 Å². The van der Waals surface area contributed by atoms with Crippen molar-refractivity contribution in [3.63, 3.8) is 0 Å². The molecule has 1 N–H and O–H groups in total. The predicted molar refractivity (Wildman–Crippen MR) is 87.1 cm³/mol. The summed E-state index contributed by atoms with van der Waals surface area (Å²) >= 11 is 0. The van der Waals surface area contributed by atoms with Crippen molar-refractivity contribution in [3.05, 3.63) is 53.1 Å². The molecule has 1 atom stereocenters. The number of imidazole rings is 1. The quantitative estimate of drug-likeness (QED) is 0.852. The second-order valence-corrected chi connectivity index (χ2v) is 6.49. The van der Waals surface area contributed by atoms with E-state index in [0.29, 0.717) is 18.7 Å². The number of carbonyl (C=O) groups excluding carboxylic acids is 1. The fraction of sp³-hybridized carbons (Fsp3) is 0.444. The number of alkyl halides is 3. The lowest BCUT2D eigenvalue weighted by Crippen LogP contribution is -2.38. The number of Topliss-reactive ketones (excluding diaryl/α,β-unsaturated/α-hetero) is 1. The van der Waals surface area contributed by atoms with Gasteiger partial charge in [-0.25, -0.2) is 4.98 Å². The number of likely N-dealkylation sites (tertiary alicyclic amines) is 1. The lowest BCUT2D eigenvalue weighted by molar-refractivity contribution is -0.137. The van der Waals surface area contributed by atoms with Gasteiger partial charge >= 0.3 is 6.18 Å². The van der Waals surface area contributed by atoms with Crippen molar-refractivity contribution in [2.24, 2.45) is 5.92 Å². The van der Waals surface area contributed by atoms with Crippen LogP contribution in [0.4, 0.5) is 13.2 Å². The van der Waals surface area contributed by atoms with Gasteiger partial charge in [0.1, 0.15) is 0 Å². The molecule has 1 aromatic heterocycles. The molecule has 1 saturated heterocycles. The van der Waals surface area contributed by atoms with Gasteiger partial charge in [0.25, 0.3) is 0 Å². The molecule has 3 rings (SSSR count). The van der Waals surface area contributed by atoms with Crippen LogP contribution < -0.4 is 0 Å². The average Bonchev–Trinajstić information content (AvgIpc) is 2.99. The van der Waals surface area contributed by atoms with Gasteiger partial charge in [-0.05, 0) is 38.4 Å². The molecule has 134 valence electrons. The first kappa shape index (κ1) is 17.7. The summed E-state index contributed by atoms with van der Waals surface area (Å²) in [6.45, 7) is 4.12. The highest BCUT2D eigenvalue weighted by molar-refractivity contribution is 5.98. The molecule has 2 heterocycles. The highest BCUT2D eigenvalue weighted by Crippen LogP contribution is 2.30. The van der Waals surface area contributed by atoms with Crippen LogP contribution >= 0.6 is 0 Å². The lowest BCUT2D eigenvalue weighted by Gasteiger charge is -2.31. The molecule has 1 fully saturated rings. The Kier molecular flexibility index (Phi) is 4.94. The Labute approximate surface area is 144 Å². The van der Waals surface area contributed by atoms with Crippen LogP contribution in [0, 0.1) is 12.8 Å². The molecule has 1 aliphatic rings. The molecule has 0 radical (unpaired) electrons. The fourth-order valence-electron chi connectivity index (χ4n) is 3.23. The molecule has 1 aliphatic heterocycles. The van der Waals surface area contributed by atoms with Gasteiger partial charge in [-0.3, -0.25) is 9.69 Å². The van der Waals surface area contributed by atoms with E-state index in [4.69, 9.17) is 0 Å². The number of benzene rings is 1. The van der Waals surface area contributed by atoms with Crippen LogP contribution in [0.2, 0.25) is 0 Å². The topological polar surface area (TPSA) is 49.0 Å². The summed E-state index contributed by atoms with van der Waals surface area (Å²) in [5, 5.41) is 0. The van der Waals surface area contributed by atoms with Gasteiger partial charge < -0.3 is 4.98 Å². The molecular weight excluding hydrogens is 331 g/mol. The molecule has 4 nitrogen and oxygen atoms in total. The number of nitrogens with one attached hydrogen (secondary N) is 1. The second kappa shape index (κ2) is 7.00. The minimum atomic E-state index is -4.38. The van der Waals surface area contributed by atoms with Crippen LogP contribution in [-0.4, -0.2) is 33.7 Å². The van der Waals surface area contributed by atoms with Crippen molar-refractivity contribution < 1.29 is 18.0 Å². The number of piperidine rings is 1. The Hall–Kier alpha value is -2.15. The maximum Gasteiger partial charge on any atom is 0.416 e. The zero-order valence-electron chi connectivity index (χ0n) is 13.9. The Balaban J connectivity index is 1.66. The molecular formula is C18H20F3N3O. The van der Waals surface area contributed by atoms with Crippen LogP contribution in [0.3, 0.4) is 0 Å². The van der Waals surface area contributed by atoms with E-state index in [1.165, 1.54) is 12.1 Å². The van der Waals surface area contributed by atoms with Crippen molar-refractivity contribution in [2.45, 2.75) is 32.5 Å². The van der Waals surface area contributed by atoms with E-state index in [1.54, 1.807) is 6.33 Å². The second-order valence-electron chi connectivity index (χ2n) is 6.49. The van der Waals surface area contributed by atoms with Crippen molar-refractivity contribution in [1.29, 1.82) is 0 Å². The number of rotatable bonds is 4. The van der Waals surface area contributed by atoms with Crippen molar-refractivity contribution in [1.82, 2.24) is 14.9 Å². The van der Waals surface area contributed by atoms with E-state index in [-0.39, 0.29) is 11.7 Å². The Bertz CT molecular complexity index is 737. The van der Waals surface area contributed by atoms with Crippen LogP contribution in [0.15, 0.2) is 30.6 Å². The van der Waals surface area contributed by atoms with Crippen LogP contribution in [0.25, 0.3) is 0 Å². The fourth-order valence-corrected chi connectivity index (χ4v) is 3.23. The van der Waals surface area contributed by atoms with E-state index in [0.717, 1.165) is 42.9 Å². The number of aromatic nitrogens is 2. The third-order valence-electron chi connectivity index (χ3n) is 4.68. The van der Waals surface area contributed by atoms with Crippen LogP contribution in [0.1, 0.15) is 40.2 Å². The third kappa shape index (κ3) is 4.10. The smallest absolute Gasteiger partial charge is 0.348 e. The minimum absolute atomic E-state index is 0.0859. The SMILES string of the molecule is Cc1[nH]cnc1CN1CCCC(C(=O)c2ccc(C(F)(F)F)cc2)C1. The third-order valence-corrected chi connectivity index (χ3v) is 4.68. The number of halogens is 3. The van der Waals surface area contributed by atoms with Crippen molar-refractivity contribution in [3.8, 4) is 0 Å². The molecule has 0 saturated carbocycles. The first-order valence-corrected chi connectivity index (χ1v) is 8.27. The largest absolute Gasteiger partial charge is 0.416 e. The number of nitrogens with zero attached hydrogens (tertiary/aromatic N) is 2. The van der Waals surface area contributed by atoms with E-state index in [9.17, 15) is 18.0 Å². The summed E-state index contributed by atoms with van der Waals surface area (Å²) in [4.78, 5) is 22.1. The van der Waals surface area contributed by atoms with Gasteiger partial charge in [0.15, 0.2) is 5.78 Å². The number of aryl methyl sites for hydroxylation is 1. The first-order chi connectivity index (χ1) is 11.8. The van der Waals surface area contributed by atoms with Gasteiger partial charge in [0.2, 0.25) is 0 Å². The number of hydrogen-bond acceptors (Lipinski definition) is 3. The van der Waals surface area contributed by atoms with Crippen LogP contribution in [0.5, 0.6) is 0 Å². The van der Waals surface area contributed by atoms with Crippen molar-refractivity contribution >= 4 is 5.78 Å². The molecule has 2 aromatic rings. The molecule has 0 bridgehead atoms. The molecule has 1 unspecified atom stereocenters. The Morgan fingerprint density at radius 3 is 2.64 bits per heavy atom. The van der Waals surface area contributed by atoms with Gasteiger partial charge in [-0.1, -0.05) is 12.1 Å². The summed E-state index contributed by atoms with van der Waals surface area (Å²) in [5.41, 5.74) is 1.58. The van der Waals surface area contributed by atoms with Crippen LogP contribution in [-0.2, 0) is 12.7 Å². The number of hydrogen-bond donors (Lipinski definition) is 1. The standard InChI is InChI=1S/C18H20F3N3O/c1-12-16(23-11-22-12)10-24-8-2-3-14(9-24)17(25)13-4-6-15(7-5-13)18(19,20)21/h4-7,11,14H,2-3,8-10H2,1H3,(H,22,23). The maximum absolute atomic E-state index is 12.6. The highest BCUT2D eigenvalue weighted by atomic mass is 19.4. The highest BCUT2D eigenvalue weighted by Gasteiger charge is 2.31. The molecule has 0 spiro atoms. The number of aromatic amines is 1. The predicted octanol–water partition coefficient (Wildman–Crippen LogP) is 3.83. The Morgan fingerprint density at radius 1 is 1.32 bits per heavy atom. The summed E-state index contributed by atoms with van der Waals surface area (Å²) < 4.78 is 37.9. The first-order valence-electron chi connectivity index (χ1n) is 8.27. The Morgan fingerprint density at radius 2 is 2.04 bits per heavy atom. The lowest BCUT2D eigenvalue weighted by atomic mass is 9.89. The number of H-pyrrole nitrogens is 1. The normalized spacial score (nSPS) is 19.1. The zero-order valence-corrected chi connectivity index (χ0v) is 13.9. The molecule has 0 aliphatic carbocycles. The van der Waals surface area contributed by atoms with E-state index < -0.39 is 11.7 Å². The monoisotopic (exact) mass is 351 g/mol. The molecule has 7 heteroatoms. The maximum atomic E-state index is 12.6. The number of ketones is 1. The van der Waals surface area contributed by atoms with E-state index >= 15 is 0 Å². The molecule has 25 heavy (non-hydrogen) atoms. The van der Waals surface area contributed by atoms with Gasteiger partial charge in [-0.2, -0.15) is 13.2 Å². The molecule has 0 amide bonds. The van der Waals surface area contributed by atoms with E-state index in [1.807, 2.05) is 6.92 Å². The van der Waals surface area contributed by atoms with Gasteiger partial charge in [0.05, 0.1) is 17.6 Å². The van der Waals surface area contributed by atoms with Gasteiger partial charge in [0, 0.05) is 30.3 Å². The van der Waals surface area contributed by atoms with Crippen molar-refractivity contribution in [2.75, 3.05) is 13.1 Å². The summed E-state index contributed by atoms with van der Waals surface area (Å²) in [5.74, 6) is -0.276. The summed E-state index contributed by atoms with van der Waals surface area (Å²) in [6.07, 6.45) is -1.08.